The van der Waals surface area contributed by atoms with Gasteiger partial charge in [-0.2, -0.15) is 0 Å². The van der Waals surface area contributed by atoms with E-state index in [-0.39, 0.29) is 29.8 Å². The Labute approximate surface area is 169 Å². The quantitative estimate of drug-likeness (QED) is 0.285. The molecule has 0 aliphatic carbocycles. The van der Waals surface area contributed by atoms with Crippen LogP contribution in [0.3, 0.4) is 0 Å². The van der Waals surface area contributed by atoms with E-state index >= 15 is 0 Å². The summed E-state index contributed by atoms with van der Waals surface area (Å²) >= 11 is 0. The summed E-state index contributed by atoms with van der Waals surface area (Å²) in [4.78, 5) is 24.0. The minimum Gasteiger partial charge on any atom is -0.507 e. The molecule has 29 heavy (non-hydrogen) atoms. The predicted molar refractivity (Wildman–Crippen MR) is 110 cm³/mol. The molecule has 0 fully saturated rings. The molecule has 0 aliphatic heterocycles. The Hall–Kier alpha value is -2.73. The summed E-state index contributed by atoms with van der Waals surface area (Å²) < 4.78 is 28.1. The normalized spacial score (nSPS) is 11.6. The largest absolute Gasteiger partial charge is 0.507 e. The van der Waals surface area contributed by atoms with Gasteiger partial charge in [-0.3, -0.25) is 9.36 Å². The summed E-state index contributed by atoms with van der Waals surface area (Å²) in [6.07, 6.45) is 2.82. The second kappa shape index (κ2) is 10.2. The lowest BCUT2D eigenvalue weighted by atomic mass is 10.1. The molecule has 0 aromatic heterocycles. The van der Waals surface area contributed by atoms with Gasteiger partial charge < -0.3 is 18.9 Å². The van der Waals surface area contributed by atoms with E-state index in [2.05, 4.69) is 4.74 Å². The Kier molecular flexibility index (Phi) is 7.91. The van der Waals surface area contributed by atoms with E-state index in [1.54, 1.807) is 44.2 Å². The number of esters is 1. The molecule has 2 rings (SSSR count). The second-order valence-corrected chi connectivity index (χ2v) is 7.87. The summed E-state index contributed by atoms with van der Waals surface area (Å²) in [7, 11) is -2.29. The number of benzene rings is 2. The lowest BCUT2D eigenvalue weighted by molar-refractivity contribution is 0.0600. The van der Waals surface area contributed by atoms with Crippen molar-refractivity contribution in [2.24, 2.45) is 0 Å². The Morgan fingerprint density at radius 1 is 1.03 bits per heavy atom. The lowest BCUT2D eigenvalue weighted by Gasteiger charge is -2.17. The van der Waals surface area contributed by atoms with Gasteiger partial charge in [0.2, 0.25) is 0 Å². The highest BCUT2D eigenvalue weighted by molar-refractivity contribution is 7.62. The number of ether oxygens (including phenoxy) is 1. The first-order valence-electron chi connectivity index (χ1n) is 8.98. The number of methoxy groups -OCH3 is 1. The number of aromatic hydroxyl groups is 1. The van der Waals surface area contributed by atoms with Crippen molar-refractivity contribution >= 4 is 30.7 Å². The van der Waals surface area contributed by atoms with Gasteiger partial charge in [-0.15, -0.1) is 0 Å². The highest BCUT2D eigenvalue weighted by atomic mass is 31.2. The molecule has 1 N–H and O–H groups in total. The Morgan fingerprint density at radius 2 is 1.66 bits per heavy atom. The maximum atomic E-state index is 12.9. The third-order valence-electron chi connectivity index (χ3n) is 3.92. The van der Waals surface area contributed by atoms with Gasteiger partial charge in [0.05, 0.1) is 36.8 Å². The number of carbonyl (C=O) groups excluding carboxylic acids is 2. The van der Waals surface area contributed by atoms with Gasteiger partial charge in [0.15, 0.2) is 5.78 Å². The van der Waals surface area contributed by atoms with E-state index in [4.69, 9.17) is 9.05 Å². The summed E-state index contributed by atoms with van der Waals surface area (Å²) in [5.74, 6) is -1.18. The summed E-state index contributed by atoms with van der Waals surface area (Å²) in [6, 6.07) is 10.5. The molecule has 0 radical (unpaired) electrons. The van der Waals surface area contributed by atoms with Crippen LogP contribution in [0.1, 0.15) is 40.1 Å². The first kappa shape index (κ1) is 22.6. The number of allylic oxidation sites excluding steroid dienone is 1. The molecule has 0 unspecified atom stereocenters. The fraction of sp³-hybridized carbons (Fsp3) is 0.238. The second-order valence-electron chi connectivity index (χ2n) is 5.85. The van der Waals surface area contributed by atoms with E-state index in [0.717, 1.165) is 0 Å². The van der Waals surface area contributed by atoms with Crippen LogP contribution in [0.4, 0.5) is 0 Å². The van der Waals surface area contributed by atoms with Crippen molar-refractivity contribution in [2.75, 3.05) is 20.3 Å². The van der Waals surface area contributed by atoms with E-state index in [1.165, 1.54) is 31.4 Å². The maximum Gasteiger partial charge on any atom is 0.361 e. The van der Waals surface area contributed by atoms with Crippen LogP contribution in [0.5, 0.6) is 5.75 Å². The zero-order chi connectivity index (χ0) is 21.4. The van der Waals surface area contributed by atoms with Crippen LogP contribution >= 0.6 is 7.60 Å². The topological polar surface area (TPSA) is 99.1 Å². The number of hydrogen-bond donors (Lipinski definition) is 1. The van der Waals surface area contributed by atoms with Crippen LogP contribution in [0.2, 0.25) is 0 Å². The molecule has 0 saturated carbocycles. The molecule has 0 aliphatic rings. The van der Waals surface area contributed by atoms with Crippen LogP contribution in [0.15, 0.2) is 48.5 Å². The fourth-order valence-electron chi connectivity index (χ4n) is 2.53. The minimum atomic E-state index is -3.58. The SMILES string of the molecule is CCOP(=O)(OCC)c1ccc(O)c(C(=O)/C=C/c2ccc(C(=O)OC)cc2)c1. The first-order chi connectivity index (χ1) is 13.8. The molecule has 2 aromatic carbocycles. The molecule has 8 heteroatoms. The van der Waals surface area contributed by atoms with Gasteiger partial charge in [0.1, 0.15) is 5.75 Å². The number of ketones is 1. The van der Waals surface area contributed by atoms with Gasteiger partial charge in [0, 0.05) is 0 Å². The van der Waals surface area contributed by atoms with Crippen LogP contribution < -0.4 is 5.30 Å². The summed E-state index contributed by atoms with van der Waals surface area (Å²) in [5.41, 5.74) is 1.05. The molecule has 0 amide bonds. The zero-order valence-electron chi connectivity index (χ0n) is 16.5. The third-order valence-corrected chi connectivity index (χ3v) is 6.03. The van der Waals surface area contributed by atoms with E-state index in [0.29, 0.717) is 11.1 Å². The standard InChI is InChI=1S/C21H23O7P/c1-4-27-29(25,28-5-2)17-11-13-20(23)18(14-17)19(22)12-8-15-6-9-16(10-7-15)21(24)26-3/h6-14,23H,4-5H2,1-3H3/b12-8+. The maximum absolute atomic E-state index is 12.9. The monoisotopic (exact) mass is 418 g/mol. The van der Waals surface area contributed by atoms with Gasteiger partial charge in [0.25, 0.3) is 0 Å². The number of phenolic OH excluding ortho intramolecular Hbond substituents is 1. The van der Waals surface area contributed by atoms with Crippen molar-refractivity contribution in [3.8, 4) is 5.75 Å². The van der Waals surface area contributed by atoms with Gasteiger partial charge in [-0.1, -0.05) is 18.2 Å². The van der Waals surface area contributed by atoms with E-state index in [9.17, 15) is 19.3 Å². The molecule has 7 nitrogen and oxygen atoms in total. The van der Waals surface area contributed by atoms with Crippen LogP contribution in [0, 0.1) is 0 Å². The van der Waals surface area contributed by atoms with Gasteiger partial charge >= 0.3 is 13.6 Å². The number of hydrogen-bond acceptors (Lipinski definition) is 7. The number of rotatable bonds is 9. The van der Waals surface area contributed by atoms with Crippen molar-refractivity contribution in [1.29, 1.82) is 0 Å². The zero-order valence-corrected chi connectivity index (χ0v) is 17.3. The summed E-state index contributed by atoms with van der Waals surface area (Å²) in [5, 5.41) is 10.3. The van der Waals surface area contributed by atoms with E-state index in [1.807, 2.05) is 0 Å². The smallest absolute Gasteiger partial charge is 0.361 e. The predicted octanol–water partition coefficient (Wildman–Crippen LogP) is 3.97. The van der Waals surface area contributed by atoms with Crippen LogP contribution in [-0.4, -0.2) is 37.2 Å². The first-order valence-corrected chi connectivity index (χ1v) is 10.5. The molecular weight excluding hydrogens is 395 g/mol. The van der Waals surface area contributed by atoms with Crippen molar-refractivity contribution in [3.63, 3.8) is 0 Å². The van der Waals surface area contributed by atoms with Gasteiger partial charge in [-0.25, -0.2) is 4.79 Å². The minimum absolute atomic E-state index is 0.0236. The molecule has 0 atom stereocenters. The Morgan fingerprint density at radius 3 is 2.21 bits per heavy atom. The average Bonchev–Trinajstić information content (AvgIpc) is 2.72. The Bertz CT molecular complexity index is 938. The molecule has 2 aromatic rings. The van der Waals surface area contributed by atoms with Crippen molar-refractivity contribution in [3.05, 3.63) is 65.2 Å². The van der Waals surface area contributed by atoms with Crippen LogP contribution in [0.25, 0.3) is 6.08 Å². The van der Waals surface area contributed by atoms with Crippen molar-refractivity contribution in [2.45, 2.75) is 13.8 Å². The molecule has 0 saturated heterocycles. The molecule has 0 spiro atoms. The number of phenols is 1. The van der Waals surface area contributed by atoms with Gasteiger partial charge in [-0.05, 0) is 55.8 Å². The molecule has 154 valence electrons. The van der Waals surface area contributed by atoms with Crippen molar-refractivity contribution < 1.29 is 33.0 Å². The molecule has 0 heterocycles. The lowest BCUT2D eigenvalue weighted by Crippen LogP contribution is -2.12. The average molecular weight is 418 g/mol. The highest BCUT2D eigenvalue weighted by Gasteiger charge is 2.28. The number of carbonyl (C=O) groups is 2. The molecular formula is C21H23O7P. The van der Waals surface area contributed by atoms with E-state index < -0.39 is 19.3 Å². The highest BCUT2D eigenvalue weighted by Crippen LogP contribution is 2.47. The van der Waals surface area contributed by atoms with Crippen molar-refractivity contribution in [1.82, 2.24) is 0 Å². The van der Waals surface area contributed by atoms with Crippen LogP contribution in [-0.2, 0) is 18.3 Å². The molecule has 0 bridgehead atoms. The third kappa shape index (κ3) is 5.64. The Balaban J connectivity index is 2.27. The fourth-order valence-corrected chi connectivity index (χ4v) is 4.12. The summed E-state index contributed by atoms with van der Waals surface area (Å²) in [6.45, 7) is 3.71.